The fourth-order valence-corrected chi connectivity index (χ4v) is 2.08. The first-order valence-corrected chi connectivity index (χ1v) is 5.77. The van der Waals surface area contributed by atoms with Crippen molar-refractivity contribution in [2.24, 2.45) is 13.0 Å². The van der Waals surface area contributed by atoms with Crippen LogP contribution in [0.5, 0.6) is 0 Å². The average molecular weight is 238 g/mol. The molecule has 1 aromatic heterocycles. The zero-order valence-corrected chi connectivity index (χ0v) is 10.1. The Hall–Kier alpha value is -1.56. The number of nitrogen functional groups attached to an aromatic ring is 1. The number of carbonyl (C=O) groups is 1. The maximum atomic E-state index is 11.9. The molecule has 0 saturated carbocycles. The average Bonchev–Trinajstić information content (AvgIpc) is 2.83. The van der Waals surface area contributed by atoms with E-state index < -0.39 is 0 Å². The maximum absolute atomic E-state index is 11.9. The van der Waals surface area contributed by atoms with Crippen LogP contribution in [0.1, 0.15) is 23.8 Å². The molecule has 0 aliphatic carbocycles. The van der Waals surface area contributed by atoms with Gasteiger partial charge in [0.25, 0.3) is 5.91 Å². The second-order valence-electron chi connectivity index (χ2n) is 4.41. The number of amides is 1. The summed E-state index contributed by atoms with van der Waals surface area (Å²) in [5, 5.41) is 6.82. The Kier molecular flexibility index (Phi) is 3.33. The molecule has 3 N–H and O–H groups in total. The number of hydrogen-bond acceptors (Lipinski definition) is 4. The molecule has 2 heterocycles. The Morgan fingerprint density at radius 3 is 3.06 bits per heavy atom. The van der Waals surface area contributed by atoms with E-state index in [4.69, 9.17) is 10.5 Å². The van der Waals surface area contributed by atoms with Crippen LogP contribution in [0.25, 0.3) is 0 Å². The Morgan fingerprint density at radius 1 is 1.76 bits per heavy atom. The first kappa shape index (κ1) is 11.9. The molecule has 0 spiro atoms. The molecule has 17 heavy (non-hydrogen) atoms. The molecule has 1 saturated heterocycles. The summed E-state index contributed by atoms with van der Waals surface area (Å²) < 4.78 is 6.93. The molecule has 0 aromatic carbocycles. The van der Waals surface area contributed by atoms with Crippen LogP contribution in [0.15, 0.2) is 6.20 Å². The number of carbonyl (C=O) groups excluding carboxylic acids is 1. The highest BCUT2D eigenvalue weighted by Gasteiger charge is 2.25. The number of ether oxygens (including phenoxy) is 1. The van der Waals surface area contributed by atoms with E-state index in [1.807, 2.05) is 6.92 Å². The van der Waals surface area contributed by atoms with Crippen LogP contribution in [0.2, 0.25) is 0 Å². The monoisotopic (exact) mass is 238 g/mol. The highest BCUT2D eigenvalue weighted by molar-refractivity contribution is 5.97. The number of hydrogen-bond donors (Lipinski definition) is 2. The summed E-state index contributed by atoms with van der Waals surface area (Å²) in [6.45, 7) is 3.42. The SMILES string of the molecule is CC1OCCC1CNC(=O)c1c(N)cnn1C. The van der Waals surface area contributed by atoms with Gasteiger partial charge in [0.1, 0.15) is 5.69 Å². The number of anilines is 1. The van der Waals surface area contributed by atoms with Gasteiger partial charge in [0, 0.05) is 26.1 Å². The highest BCUT2D eigenvalue weighted by Crippen LogP contribution is 2.19. The summed E-state index contributed by atoms with van der Waals surface area (Å²) in [4.78, 5) is 11.9. The van der Waals surface area contributed by atoms with Crippen molar-refractivity contribution < 1.29 is 9.53 Å². The maximum Gasteiger partial charge on any atom is 0.271 e. The van der Waals surface area contributed by atoms with E-state index in [0.29, 0.717) is 23.8 Å². The van der Waals surface area contributed by atoms with E-state index in [-0.39, 0.29) is 12.0 Å². The molecule has 6 heteroatoms. The Bertz CT molecular complexity index is 396. The van der Waals surface area contributed by atoms with Gasteiger partial charge in [-0.25, -0.2) is 0 Å². The predicted octanol–water partition coefficient (Wildman–Crippen LogP) is 0.157. The number of nitrogens with one attached hydrogen (secondary N) is 1. The van der Waals surface area contributed by atoms with Gasteiger partial charge in [-0.2, -0.15) is 5.10 Å². The van der Waals surface area contributed by atoms with Gasteiger partial charge < -0.3 is 15.8 Å². The quantitative estimate of drug-likeness (QED) is 0.785. The van der Waals surface area contributed by atoms with Crippen molar-refractivity contribution in [1.82, 2.24) is 15.1 Å². The first-order chi connectivity index (χ1) is 8.09. The molecule has 0 radical (unpaired) electrons. The summed E-state index contributed by atoms with van der Waals surface area (Å²) in [5.41, 5.74) is 6.50. The summed E-state index contributed by atoms with van der Waals surface area (Å²) in [5.74, 6) is 0.204. The van der Waals surface area contributed by atoms with E-state index in [0.717, 1.165) is 13.0 Å². The van der Waals surface area contributed by atoms with Gasteiger partial charge in [-0.05, 0) is 13.3 Å². The Balaban J connectivity index is 1.94. The van der Waals surface area contributed by atoms with E-state index in [2.05, 4.69) is 10.4 Å². The fraction of sp³-hybridized carbons (Fsp3) is 0.636. The van der Waals surface area contributed by atoms with Gasteiger partial charge in [-0.15, -0.1) is 0 Å². The van der Waals surface area contributed by atoms with Crippen LogP contribution in [0.4, 0.5) is 5.69 Å². The number of aryl methyl sites for hydroxylation is 1. The third-order valence-corrected chi connectivity index (χ3v) is 3.24. The Labute approximate surface area is 100 Å². The minimum atomic E-state index is -0.179. The van der Waals surface area contributed by atoms with Gasteiger partial charge >= 0.3 is 0 Å². The Morgan fingerprint density at radius 2 is 2.53 bits per heavy atom. The predicted molar refractivity (Wildman–Crippen MR) is 63.5 cm³/mol. The minimum Gasteiger partial charge on any atom is -0.396 e. The van der Waals surface area contributed by atoms with Crippen molar-refractivity contribution in [3.63, 3.8) is 0 Å². The zero-order chi connectivity index (χ0) is 12.4. The van der Waals surface area contributed by atoms with E-state index >= 15 is 0 Å². The van der Waals surface area contributed by atoms with Crippen LogP contribution in [-0.2, 0) is 11.8 Å². The fourth-order valence-electron chi connectivity index (χ4n) is 2.08. The van der Waals surface area contributed by atoms with Crippen molar-refractivity contribution in [3.05, 3.63) is 11.9 Å². The summed E-state index contributed by atoms with van der Waals surface area (Å²) >= 11 is 0. The van der Waals surface area contributed by atoms with Crippen LogP contribution < -0.4 is 11.1 Å². The molecule has 2 atom stereocenters. The largest absolute Gasteiger partial charge is 0.396 e. The summed E-state index contributed by atoms with van der Waals surface area (Å²) in [6.07, 6.45) is 2.68. The molecule has 2 unspecified atom stereocenters. The van der Waals surface area contributed by atoms with Crippen LogP contribution in [-0.4, -0.2) is 34.9 Å². The van der Waals surface area contributed by atoms with Gasteiger partial charge in [0.15, 0.2) is 0 Å². The number of nitrogens with zero attached hydrogens (tertiary/aromatic N) is 2. The topological polar surface area (TPSA) is 82.2 Å². The van der Waals surface area contributed by atoms with Gasteiger partial charge in [-0.1, -0.05) is 0 Å². The number of rotatable bonds is 3. The van der Waals surface area contributed by atoms with E-state index in [1.165, 1.54) is 10.9 Å². The molecule has 1 fully saturated rings. The summed E-state index contributed by atoms with van der Waals surface area (Å²) in [6, 6.07) is 0. The van der Waals surface area contributed by atoms with Crippen molar-refractivity contribution in [2.45, 2.75) is 19.4 Å². The molecular formula is C11H18N4O2. The second kappa shape index (κ2) is 4.75. The standard InChI is InChI=1S/C11H18N4O2/c1-7-8(3-4-17-7)5-13-11(16)10-9(12)6-14-15(10)2/h6-8H,3-5,12H2,1-2H3,(H,13,16). The third kappa shape index (κ3) is 2.41. The van der Waals surface area contributed by atoms with Crippen LogP contribution >= 0.6 is 0 Å². The molecule has 94 valence electrons. The van der Waals surface area contributed by atoms with Crippen molar-refractivity contribution in [3.8, 4) is 0 Å². The summed E-state index contributed by atoms with van der Waals surface area (Å²) in [7, 11) is 1.70. The molecular weight excluding hydrogens is 220 g/mol. The molecule has 1 aliphatic heterocycles. The van der Waals surface area contributed by atoms with Gasteiger partial charge in [-0.3, -0.25) is 9.48 Å². The van der Waals surface area contributed by atoms with Crippen molar-refractivity contribution >= 4 is 11.6 Å². The normalized spacial score (nSPS) is 23.9. The zero-order valence-electron chi connectivity index (χ0n) is 10.1. The molecule has 1 aromatic rings. The lowest BCUT2D eigenvalue weighted by molar-refractivity contribution is 0.0900. The van der Waals surface area contributed by atoms with Gasteiger partial charge in [0.05, 0.1) is 18.0 Å². The van der Waals surface area contributed by atoms with Gasteiger partial charge in [0.2, 0.25) is 0 Å². The first-order valence-electron chi connectivity index (χ1n) is 5.77. The lowest BCUT2D eigenvalue weighted by atomic mass is 10.0. The molecule has 1 aliphatic rings. The van der Waals surface area contributed by atoms with E-state index in [1.54, 1.807) is 7.05 Å². The molecule has 1 amide bonds. The van der Waals surface area contributed by atoms with E-state index in [9.17, 15) is 4.79 Å². The van der Waals surface area contributed by atoms with Crippen molar-refractivity contribution in [1.29, 1.82) is 0 Å². The smallest absolute Gasteiger partial charge is 0.271 e. The third-order valence-electron chi connectivity index (χ3n) is 3.24. The number of nitrogens with two attached hydrogens (primary N) is 1. The highest BCUT2D eigenvalue weighted by atomic mass is 16.5. The molecule has 0 bridgehead atoms. The minimum absolute atomic E-state index is 0.179. The molecule has 6 nitrogen and oxygen atoms in total. The van der Waals surface area contributed by atoms with Crippen LogP contribution in [0, 0.1) is 5.92 Å². The number of aromatic nitrogens is 2. The second-order valence-corrected chi connectivity index (χ2v) is 4.41. The lowest BCUT2D eigenvalue weighted by Crippen LogP contribution is -2.33. The van der Waals surface area contributed by atoms with Crippen molar-refractivity contribution in [2.75, 3.05) is 18.9 Å². The molecule has 2 rings (SSSR count). The van der Waals surface area contributed by atoms with Crippen LogP contribution in [0.3, 0.4) is 0 Å². The lowest BCUT2D eigenvalue weighted by Gasteiger charge is -2.14.